The van der Waals surface area contributed by atoms with Crippen molar-refractivity contribution in [2.24, 2.45) is 0 Å². The summed E-state index contributed by atoms with van der Waals surface area (Å²) >= 11 is 6.09. The number of rotatable bonds is 12. The smallest absolute Gasteiger partial charge is 0.264 e. The van der Waals surface area contributed by atoms with Crippen molar-refractivity contribution in [3.63, 3.8) is 0 Å². The summed E-state index contributed by atoms with van der Waals surface area (Å²) in [6.45, 7) is 3.36. The van der Waals surface area contributed by atoms with E-state index in [1.165, 1.54) is 17.0 Å². The van der Waals surface area contributed by atoms with Crippen molar-refractivity contribution < 1.29 is 22.7 Å². The minimum Gasteiger partial charge on any atom is -0.492 e. The molecule has 0 unspecified atom stereocenters. The van der Waals surface area contributed by atoms with E-state index >= 15 is 0 Å². The largest absolute Gasteiger partial charge is 0.492 e. The van der Waals surface area contributed by atoms with E-state index in [2.05, 4.69) is 5.32 Å². The standard InChI is InChI=1S/C32H38ClN3O5S/c1-3-41-30-17-11-10-16-29(30)36(42(39,40)28-14-8-5-9-15-28)23-31(37)35(22-25-18-20-26(33)21-19-25)24(2)32(38)34-27-12-6-4-7-13-27/h5,8-11,14-21,24,27H,3-4,6-7,12-13,22-23H2,1-2H3,(H,34,38)/t24-/m0/s1. The lowest BCUT2D eigenvalue weighted by molar-refractivity contribution is -0.139. The van der Waals surface area contributed by atoms with Crippen LogP contribution in [0.4, 0.5) is 5.69 Å². The fraction of sp³-hybridized carbons (Fsp3) is 0.375. The number of ether oxygens (including phenoxy) is 1. The molecule has 1 aliphatic rings. The van der Waals surface area contributed by atoms with Crippen LogP contribution in [-0.2, 0) is 26.2 Å². The molecule has 1 atom stereocenters. The molecular weight excluding hydrogens is 574 g/mol. The molecule has 0 spiro atoms. The second-order valence-electron chi connectivity index (χ2n) is 10.4. The second-order valence-corrected chi connectivity index (χ2v) is 12.7. The molecular formula is C32H38ClN3O5S. The van der Waals surface area contributed by atoms with Gasteiger partial charge in [0.1, 0.15) is 18.3 Å². The fourth-order valence-electron chi connectivity index (χ4n) is 5.11. The van der Waals surface area contributed by atoms with E-state index < -0.39 is 28.5 Å². The molecule has 3 aromatic carbocycles. The number of anilines is 1. The predicted molar refractivity (Wildman–Crippen MR) is 165 cm³/mol. The van der Waals surface area contributed by atoms with Crippen LogP contribution in [0, 0.1) is 0 Å². The zero-order chi connectivity index (χ0) is 30.1. The van der Waals surface area contributed by atoms with E-state index in [-0.39, 0.29) is 29.1 Å². The number of carbonyl (C=O) groups is 2. The lowest BCUT2D eigenvalue weighted by atomic mass is 9.95. The summed E-state index contributed by atoms with van der Waals surface area (Å²) in [5.41, 5.74) is 1.000. The van der Waals surface area contributed by atoms with Crippen LogP contribution in [0.3, 0.4) is 0 Å². The van der Waals surface area contributed by atoms with Gasteiger partial charge < -0.3 is 15.0 Å². The number of nitrogens with one attached hydrogen (secondary N) is 1. The van der Waals surface area contributed by atoms with Gasteiger partial charge in [0, 0.05) is 17.6 Å². The van der Waals surface area contributed by atoms with Gasteiger partial charge in [-0.05, 0) is 68.7 Å². The molecule has 1 saturated carbocycles. The quantitative estimate of drug-likeness (QED) is 0.279. The van der Waals surface area contributed by atoms with Crippen molar-refractivity contribution in [2.75, 3.05) is 17.5 Å². The fourth-order valence-corrected chi connectivity index (χ4v) is 6.68. The highest BCUT2D eigenvalue weighted by Crippen LogP contribution is 2.33. The number of carbonyl (C=O) groups excluding carboxylic acids is 2. The van der Waals surface area contributed by atoms with E-state index in [0.29, 0.717) is 17.4 Å². The Morgan fingerprint density at radius 2 is 1.60 bits per heavy atom. The van der Waals surface area contributed by atoms with Gasteiger partial charge in [0.15, 0.2) is 0 Å². The van der Waals surface area contributed by atoms with Gasteiger partial charge in [0.2, 0.25) is 11.8 Å². The third-order valence-electron chi connectivity index (χ3n) is 7.43. The Hall–Kier alpha value is -3.56. The van der Waals surface area contributed by atoms with Crippen LogP contribution in [-0.4, -0.2) is 50.4 Å². The highest BCUT2D eigenvalue weighted by atomic mass is 35.5. The molecule has 42 heavy (non-hydrogen) atoms. The average Bonchev–Trinajstić information content (AvgIpc) is 3.00. The first-order valence-corrected chi connectivity index (χ1v) is 16.2. The molecule has 2 amide bonds. The van der Waals surface area contributed by atoms with Gasteiger partial charge in [-0.3, -0.25) is 13.9 Å². The Balaban J connectivity index is 1.70. The maximum Gasteiger partial charge on any atom is 0.264 e. The zero-order valence-electron chi connectivity index (χ0n) is 24.0. The third-order valence-corrected chi connectivity index (χ3v) is 9.45. The van der Waals surface area contributed by atoms with Gasteiger partial charge >= 0.3 is 0 Å². The van der Waals surface area contributed by atoms with Crippen LogP contribution in [0.2, 0.25) is 5.02 Å². The lowest BCUT2D eigenvalue weighted by Crippen LogP contribution is -2.53. The summed E-state index contributed by atoms with van der Waals surface area (Å²) in [4.78, 5) is 29.1. The summed E-state index contributed by atoms with van der Waals surface area (Å²) in [7, 11) is -4.18. The Morgan fingerprint density at radius 3 is 2.26 bits per heavy atom. The van der Waals surface area contributed by atoms with Gasteiger partial charge in [0.25, 0.3) is 10.0 Å². The highest BCUT2D eigenvalue weighted by molar-refractivity contribution is 7.92. The van der Waals surface area contributed by atoms with Crippen LogP contribution < -0.4 is 14.4 Å². The number of halogens is 1. The molecule has 8 nitrogen and oxygen atoms in total. The summed E-state index contributed by atoms with van der Waals surface area (Å²) in [6, 6.07) is 20.9. The number of benzene rings is 3. The Morgan fingerprint density at radius 1 is 0.952 bits per heavy atom. The van der Waals surface area contributed by atoms with Crippen molar-refractivity contribution in [2.45, 2.75) is 69.5 Å². The lowest BCUT2D eigenvalue weighted by Gasteiger charge is -2.33. The molecule has 0 bridgehead atoms. The Labute approximate surface area is 253 Å². The number of amides is 2. The summed E-state index contributed by atoms with van der Waals surface area (Å²) < 4.78 is 34.9. The minimum absolute atomic E-state index is 0.0384. The minimum atomic E-state index is -4.18. The molecule has 224 valence electrons. The van der Waals surface area contributed by atoms with Crippen molar-refractivity contribution in [1.29, 1.82) is 0 Å². The molecule has 3 aromatic rings. The molecule has 4 rings (SSSR count). The number of para-hydroxylation sites is 2. The van der Waals surface area contributed by atoms with Gasteiger partial charge in [0.05, 0.1) is 17.2 Å². The maximum atomic E-state index is 14.2. The van der Waals surface area contributed by atoms with Gasteiger partial charge in [-0.2, -0.15) is 0 Å². The topological polar surface area (TPSA) is 96.0 Å². The van der Waals surface area contributed by atoms with Crippen LogP contribution in [0.15, 0.2) is 83.8 Å². The Kier molecular flexibility index (Phi) is 10.9. The van der Waals surface area contributed by atoms with Gasteiger partial charge in [-0.15, -0.1) is 0 Å². The van der Waals surface area contributed by atoms with Crippen LogP contribution in [0.1, 0.15) is 51.5 Å². The van der Waals surface area contributed by atoms with Crippen molar-refractivity contribution in [3.8, 4) is 5.75 Å². The molecule has 1 fully saturated rings. The Bertz CT molecular complexity index is 1440. The van der Waals surface area contributed by atoms with E-state index in [4.69, 9.17) is 16.3 Å². The molecule has 10 heteroatoms. The van der Waals surface area contributed by atoms with E-state index in [0.717, 1.165) is 42.0 Å². The first kappa shape index (κ1) is 31.4. The summed E-state index contributed by atoms with van der Waals surface area (Å²) in [5, 5.41) is 3.66. The highest BCUT2D eigenvalue weighted by Gasteiger charge is 2.34. The monoisotopic (exact) mass is 611 g/mol. The summed E-state index contributed by atoms with van der Waals surface area (Å²) in [5.74, 6) is -0.460. The third kappa shape index (κ3) is 7.83. The molecule has 0 radical (unpaired) electrons. The number of hydrogen-bond donors (Lipinski definition) is 1. The normalized spacial score (nSPS) is 14.5. The second kappa shape index (κ2) is 14.6. The van der Waals surface area contributed by atoms with Crippen molar-refractivity contribution >= 4 is 39.1 Å². The van der Waals surface area contributed by atoms with E-state index in [1.54, 1.807) is 80.6 Å². The molecule has 0 saturated heterocycles. The zero-order valence-corrected chi connectivity index (χ0v) is 25.6. The first-order chi connectivity index (χ1) is 20.2. The molecule has 0 heterocycles. The van der Waals surface area contributed by atoms with Crippen molar-refractivity contribution in [3.05, 3.63) is 89.4 Å². The van der Waals surface area contributed by atoms with Crippen LogP contribution in [0.25, 0.3) is 0 Å². The van der Waals surface area contributed by atoms with Gasteiger partial charge in [-0.25, -0.2) is 8.42 Å². The SMILES string of the molecule is CCOc1ccccc1N(CC(=O)N(Cc1ccc(Cl)cc1)[C@@H](C)C(=O)NC1CCCCC1)S(=O)(=O)c1ccccc1. The molecule has 1 aliphatic carbocycles. The number of sulfonamides is 1. The molecule has 1 N–H and O–H groups in total. The van der Waals surface area contributed by atoms with Crippen molar-refractivity contribution in [1.82, 2.24) is 10.2 Å². The number of nitrogens with zero attached hydrogens (tertiary/aromatic N) is 2. The first-order valence-electron chi connectivity index (χ1n) is 14.3. The van der Waals surface area contributed by atoms with Crippen LogP contribution >= 0.6 is 11.6 Å². The summed E-state index contributed by atoms with van der Waals surface area (Å²) in [6.07, 6.45) is 5.07. The predicted octanol–water partition coefficient (Wildman–Crippen LogP) is 5.80. The van der Waals surface area contributed by atoms with Crippen LogP contribution in [0.5, 0.6) is 5.75 Å². The number of hydrogen-bond acceptors (Lipinski definition) is 5. The average molecular weight is 612 g/mol. The molecule has 0 aliphatic heterocycles. The maximum absolute atomic E-state index is 14.2. The van der Waals surface area contributed by atoms with Gasteiger partial charge in [-0.1, -0.05) is 73.3 Å². The van der Waals surface area contributed by atoms with E-state index in [9.17, 15) is 18.0 Å². The molecule has 0 aromatic heterocycles. The van der Waals surface area contributed by atoms with E-state index in [1.807, 2.05) is 0 Å².